The van der Waals surface area contributed by atoms with Crippen molar-refractivity contribution in [2.75, 3.05) is 5.32 Å². The van der Waals surface area contributed by atoms with Crippen molar-refractivity contribution in [2.45, 2.75) is 13.2 Å². The van der Waals surface area contributed by atoms with Gasteiger partial charge in [0, 0.05) is 26.6 Å². The van der Waals surface area contributed by atoms with Gasteiger partial charge in [0.25, 0.3) is 0 Å². The molecule has 0 unspecified atom stereocenters. The summed E-state index contributed by atoms with van der Waals surface area (Å²) in [5, 5.41) is 5.20. The van der Waals surface area contributed by atoms with E-state index in [1.54, 1.807) is 12.1 Å². The van der Waals surface area contributed by atoms with E-state index < -0.39 is 0 Å². The van der Waals surface area contributed by atoms with E-state index in [9.17, 15) is 0 Å². The lowest BCUT2D eigenvalue weighted by atomic mass is 10.2. The van der Waals surface area contributed by atoms with Gasteiger partial charge in [-0.25, -0.2) is 0 Å². The van der Waals surface area contributed by atoms with E-state index in [1.807, 2.05) is 42.5 Å². The molecule has 0 radical (unpaired) electrons. The molecule has 1 N–H and O–H groups in total. The minimum atomic E-state index is 0.437. The van der Waals surface area contributed by atoms with Crippen molar-refractivity contribution in [1.29, 1.82) is 0 Å². The summed E-state index contributed by atoms with van der Waals surface area (Å²) in [4.78, 5) is 0. The molecule has 0 aliphatic heterocycles. The number of rotatable bonds is 6. The molecule has 0 saturated heterocycles. The van der Waals surface area contributed by atoms with Gasteiger partial charge in [-0.3, -0.25) is 0 Å². The van der Waals surface area contributed by atoms with Gasteiger partial charge in [-0.1, -0.05) is 62.9 Å². The molecule has 140 valence electrons. The Morgan fingerprint density at radius 2 is 1.56 bits per heavy atom. The maximum absolute atomic E-state index is 6.24. The van der Waals surface area contributed by atoms with Crippen molar-refractivity contribution in [3.05, 3.63) is 89.7 Å². The van der Waals surface area contributed by atoms with Gasteiger partial charge in [0.1, 0.15) is 12.4 Å². The van der Waals surface area contributed by atoms with Crippen LogP contribution in [0.15, 0.2) is 63.5 Å². The first kappa shape index (κ1) is 20.8. The third-order valence-corrected chi connectivity index (χ3v) is 5.63. The summed E-state index contributed by atoms with van der Waals surface area (Å²) in [6.07, 6.45) is 0. The molecule has 0 atom stereocenters. The third kappa shape index (κ3) is 5.78. The summed E-state index contributed by atoms with van der Waals surface area (Å²) in [7, 11) is 0. The number of hydrogen-bond donors (Lipinski definition) is 1. The summed E-state index contributed by atoms with van der Waals surface area (Å²) in [6.45, 7) is 0.974. The average Bonchev–Trinajstić information content (AvgIpc) is 2.61. The molecule has 0 fully saturated rings. The number of hydrogen-bond acceptors (Lipinski definition) is 2. The molecular weight excluding hydrogens is 536 g/mol. The Kier molecular flexibility index (Phi) is 7.35. The Balaban J connectivity index is 1.78. The van der Waals surface area contributed by atoms with Crippen LogP contribution in [0.3, 0.4) is 0 Å². The Bertz CT molecular complexity index is 949. The van der Waals surface area contributed by atoms with Gasteiger partial charge in [0.15, 0.2) is 0 Å². The van der Waals surface area contributed by atoms with Gasteiger partial charge in [-0.15, -0.1) is 0 Å². The van der Waals surface area contributed by atoms with Gasteiger partial charge < -0.3 is 10.1 Å². The molecule has 0 saturated carbocycles. The molecule has 3 aromatic rings. The quantitative estimate of drug-likeness (QED) is 0.333. The van der Waals surface area contributed by atoms with Crippen LogP contribution in [-0.4, -0.2) is 0 Å². The molecule has 0 aliphatic rings. The summed E-state index contributed by atoms with van der Waals surface area (Å²) >= 11 is 25.3. The van der Waals surface area contributed by atoms with E-state index >= 15 is 0 Å². The topological polar surface area (TPSA) is 21.3 Å². The molecule has 0 aromatic heterocycles. The van der Waals surface area contributed by atoms with Crippen LogP contribution in [0.1, 0.15) is 11.1 Å². The van der Waals surface area contributed by atoms with Crippen molar-refractivity contribution >= 4 is 72.4 Å². The van der Waals surface area contributed by atoms with Crippen LogP contribution in [0.5, 0.6) is 5.75 Å². The Hall–Kier alpha value is -0.910. The SMILES string of the molecule is Clc1ccc(COc2c(Br)cc(Br)cc2CNc2ccc(Cl)cc2Cl)cc1. The van der Waals surface area contributed by atoms with Crippen molar-refractivity contribution < 1.29 is 4.74 Å². The Morgan fingerprint density at radius 1 is 0.852 bits per heavy atom. The van der Waals surface area contributed by atoms with Gasteiger partial charge >= 0.3 is 0 Å². The molecule has 0 aliphatic carbocycles. The lowest BCUT2D eigenvalue weighted by Gasteiger charge is -2.16. The fourth-order valence-electron chi connectivity index (χ4n) is 2.47. The molecule has 2 nitrogen and oxygen atoms in total. The first-order valence-corrected chi connectivity index (χ1v) is 10.7. The molecule has 7 heteroatoms. The van der Waals surface area contributed by atoms with Gasteiger partial charge in [0.2, 0.25) is 0 Å². The van der Waals surface area contributed by atoms with E-state index in [4.69, 9.17) is 39.5 Å². The molecule has 27 heavy (non-hydrogen) atoms. The number of benzene rings is 3. The molecule has 0 bridgehead atoms. The fraction of sp³-hybridized carbons (Fsp3) is 0.100. The van der Waals surface area contributed by atoms with E-state index in [2.05, 4.69) is 37.2 Å². The van der Waals surface area contributed by atoms with Crippen LogP contribution >= 0.6 is 66.7 Å². The number of anilines is 1. The monoisotopic (exact) mass is 547 g/mol. The number of halogens is 5. The lowest BCUT2D eigenvalue weighted by molar-refractivity contribution is 0.301. The van der Waals surface area contributed by atoms with Crippen molar-refractivity contribution in [3.63, 3.8) is 0 Å². The zero-order chi connectivity index (χ0) is 19.4. The maximum atomic E-state index is 6.24. The highest BCUT2D eigenvalue weighted by Gasteiger charge is 2.12. The number of nitrogens with one attached hydrogen (secondary N) is 1. The summed E-state index contributed by atoms with van der Waals surface area (Å²) < 4.78 is 7.90. The Labute approximate surface area is 190 Å². The van der Waals surface area contributed by atoms with E-state index in [0.29, 0.717) is 28.2 Å². The van der Waals surface area contributed by atoms with Crippen molar-refractivity contribution in [3.8, 4) is 5.75 Å². The van der Waals surface area contributed by atoms with Crippen LogP contribution in [0.25, 0.3) is 0 Å². The first-order chi connectivity index (χ1) is 12.9. The molecule has 3 rings (SSSR count). The summed E-state index contributed by atoms with van der Waals surface area (Å²) in [6, 6.07) is 16.9. The zero-order valence-electron chi connectivity index (χ0n) is 13.9. The zero-order valence-corrected chi connectivity index (χ0v) is 19.3. The number of ether oxygens (including phenoxy) is 1. The molecule has 0 amide bonds. The summed E-state index contributed by atoms with van der Waals surface area (Å²) in [5.41, 5.74) is 2.82. The smallest absolute Gasteiger partial charge is 0.139 e. The van der Waals surface area contributed by atoms with Gasteiger partial charge in [0.05, 0.1) is 15.2 Å². The average molecular weight is 551 g/mol. The van der Waals surface area contributed by atoms with Crippen LogP contribution in [0.4, 0.5) is 5.69 Å². The highest BCUT2D eigenvalue weighted by molar-refractivity contribution is 9.11. The lowest BCUT2D eigenvalue weighted by Crippen LogP contribution is -2.05. The molecular formula is C20H14Br2Cl3NO. The second kappa shape index (κ2) is 9.53. The van der Waals surface area contributed by atoms with Crippen LogP contribution in [-0.2, 0) is 13.2 Å². The van der Waals surface area contributed by atoms with E-state index in [0.717, 1.165) is 31.5 Å². The maximum Gasteiger partial charge on any atom is 0.139 e. The largest absolute Gasteiger partial charge is 0.487 e. The fourth-order valence-corrected chi connectivity index (χ4v) is 4.50. The predicted octanol–water partition coefficient (Wildman–Crippen LogP) is 8.36. The standard InChI is InChI=1S/C20H14Br2Cl3NO/c21-14-7-13(10-26-19-6-5-16(24)9-18(19)25)20(17(22)8-14)27-11-12-1-3-15(23)4-2-12/h1-9,26H,10-11H2. The summed E-state index contributed by atoms with van der Waals surface area (Å²) in [5.74, 6) is 0.769. The Morgan fingerprint density at radius 3 is 2.26 bits per heavy atom. The third-order valence-electron chi connectivity index (χ3n) is 3.78. The van der Waals surface area contributed by atoms with Gasteiger partial charge in [-0.05, 0) is 64.0 Å². The highest BCUT2D eigenvalue weighted by Crippen LogP contribution is 2.35. The highest BCUT2D eigenvalue weighted by atomic mass is 79.9. The minimum absolute atomic E-state index is 0.437. The van der Waals surface area contributed by atoms with Gasteiger partial charge in [-0.2, -0.15) is 0 Å². The van der Waals surface area contributed by atoms with Crippen LogP contribution in [0, 0.1) is 0 Å². The molecule has 0 spiro atoms. The van der Waals surface area contributed by atoms with Crippen molar-refractivity contribution in [1.82, 2.24) is 0 Å². The van der Waals surface area contributed by atoms with Crippen LogP contribution < -0.4 is 10.1 Å². The first-order valence-electron chi connectivity index (χ1n) is 7.96. The second-order valence-electron chi connectivity index (χ2n) is 5.77. The minimum Gasteiger partial charge on any atom is -0.487 e. The second-order valence-corrected chi connectivity index (χ2v) is 8.82. The van der Waals surface area contributed by atoms with E-state index in [-0.39, 0.29) is 0 Å². The van der Waals surface area contributed by atoms with E-state index in [1.165, 1.54) is 0 Å². The van der Waals surface area contributed by atoms with Crippen LogP contribution in [0.2, 0.25) is 15.1 Å². The van der Waals surface area contributed by atoms with Crippen molar-refractivity contribution in [2.24, 2.45) is 0 Å². The molecule has 3 aromatic carbocycles. The predicted molar refractivity (Wildman–Crippen MR) is 121 cm³/mol. The molecule has 0 heterocycles. The normalized spacial score (nSPS) is 10.7.